The van der Waals surface area contributed by atoms with Crippen molar-refractivity contribution in [3.63, 3.8) is 0 Å². The van der Waals surface area contributed by atoms with E-state index in [1.807, 2.05) is 12.4 Å². The molecule has 0 fully saturated rings. The summed E-state index contributed by atoms with van der Waals surface area (Å²) >= 11 is 0. The standard InChI is InChI=1S/C11H22N4/c1-2-15-10-9-14-11(15)13-8-6-4-3-5-7-12/h9-10H,2-8,12H2,1H3,(H,13,14). The lowest BCUT2D eigenvalue weighted by Crippen LogP contribution is -2.08. The van der Waals surface area contributed by atoms with Gasteiger partial charge in [0.15, 0.2) is 0 Å². The highest BCUT2D eigenvalue weighted by molar-refractivity contribution is 5.25. The Morgan fingerprint density at radius 1 is 1.33 bits per heavy atom. The quantitative estimate of drug-likeness (QED) is 0.644. The SMILES string of the molecule is CCn1ccnc1NCCCCCCN. The highest BCUT2D eigenvalue weighted by Crippen LogP contribution is 2.05. The van der Waals surface area contributed by atoms with Crippen molar-refractivity contribution < 1.29 is 0 Å². The van der Waals surface area contributed by atoms with E-state index in [4.69, 9.17) is 5.73 Å². The molecule has 1 aromatic heterocycles. The van der Waals surface area contributed by atoms with Crippen LogP contribution in [0, 0.1) is 0 Å². The molecule has 4 nitrogen and oxygen atoms in total. The number of nitrogens with zero attached hydrogens (tertiary/aromatic N) is 2. The number of imidazole rings is 1. The largest absolute Gasteiger partial charge is 0.356 e. The monoisotopic (exact) mass is 210 g/mol. The molecule has 1 rings (SSSR count). The van der Waals surface area contributed by atoms with Crippen molar-refractivity contribution in [2.75, 3.05) is 18.4 Å². The fourth-order valence-corrected chi connectivity index (χ4v) is 1.55. The number of aryl methyl sites for hydroxylation is 1. The Kier molecular flexibility index (Phi) is 5.85. The summed E-state index contributed by atoms with van der Waals surface area (Å²) in [6, 6.07) is 0. The maximum absolute atomic E-state index is 5.43. The molecule has 86 valence electrons. The minimum atomic E-state index is 0.813. The van der Waals surface area contributed by atoms with Crippen molar-refractivity contribution in [2.45, 2.75) is 39.2 Å². The summed E-state index contributed by atoms with van der Waals surface area (Å²) in [6.45, 7) is 4.90. The Morgan fingerprint density at radius 2 is 2.13 bits per heavy atom. The van der Waals surface area contributed by atoms with Gasteiger partial charge in [-0.15, -0.1) is 0 Å². The van der Waals surface area contributed by atoms with Crippen molar-refractivity contribution in [1.82, 2.24) is 9.55 Å². The first kappa shape index (κ1) is 12.0. The highest BCUT2D eigenvalue weighted by Gasteiger charge is 1.98. The Labute approximate surface area is 91.9 Å². The molecule has 15 heavy (non-hydrogen) atoms. The fourth-order valence-electron chi connectivity index (χ4n) is 1.55. The van der Waals surface area contributed by atoms with Gasteiger partial charge >= 0.3 is 0 Å². The van der Waals surface area contributed by atoms with E-state index in [2.05, 4.69) is 21.8 Å². The maximum atomic E-state index is 5.43. The van der Waals surface area contributed by atoms with Crippen molar-refractivity contribution in [1.29, 1.82) is 0 Å². The van der Waals surface area contributed by atoms with Crippen molar-refractivity contribution in [2.24, 2.45) is 5.73 Å². The summed E-state index contributed by atoms with van der Waals surface area (Å²) in [6.07, 6.45) is 8.65. The van der Waals surface area contributed by atoms with Gasteiger partial charge in [-0.2, -0.15) is 0 Å². The molecule has 0 radical (unpaired) electrons. The summed E-state index contributed by atoms with van der Waals surface area (Å²) in [5, 5.41) is 3.34. The minimum Gasteiger partial charge on any atom is -0.356 e. The van der Waals surface area contributed by atoms with E-state index in [0.717, 1.165) is 32.0 Å². The van der Waals surface area contributed by atoms with E-state index < -0.39 is 0 Å². The first-order valence-electron chi connectivity index (χ1n) is 5.83. The summed E-state index contributed by atoms with van der Waals surface area (Å²) in [5.74, 6) is 0.983. The first-order chi connectivity index (χ1) is 7.38. The van der Waals surface area contributed by atoms with E-state index >= 15 is 0 Å². The van der Waals surface area contributed by atoms with Gasteiger partial charge in [0.1, 0.15) is 0 Å². The lowest BCUT2D eigenvalue weighted by molar-refractivity contribution is 0.657. The number of nitrogens with two attached hydrogens (primary N) is 1. The van der Waals surface area contributed by atoms with E-state index in [1.54, 1.807) is 0 Å². The van der Waals surface area contributed by atoms with Gasteiger partial charge < -0.3 is 15.6 Å². The number of nitrogens with one attached hydrogen (secondary N) is 1. The highest BCUT2D eigenvalue weighted by atomic mass is 15.2. The first-order valence-corrected chi connectivity index (χ1v) is 5.83. The third-order valence-electron chi connectivity index (χ3n) is 2.47. The molecule has 4 heteroatoms. The number of aromatic nitrogens is 2. The molecule has 0 amide bonds. The number of hydrogen-bond acceptors (Lipinski definition) is 3. The Hall–Kier alpha value is -1.03. The molecule has 0 saturated heterocycles. The van der Waals surface area contributed by atoms with Crippen LogP contribution in [-0.2, 0) is 6.54 Å². The molecule has 0 aliphatic carbocycles. The van der Waals surface area contributed by atoms with Crippen LogP contribution in [0.15, 0.2) is 12.4 Å². The predicted molar refractivity (Wildman–Crippen MR) is 63.9 cm³/mol. The zero-order chi connectivity index (χ0) is 10.9. The summed E-state index contributed by atoms with van der Waals surface area (Å²) < 4.78 is 2.11. The number of rotatable bonds is 8. The van der Waals surface area contributed by atoms with Gasteiger partial charge in [-0.1, -0.05) is 12.8 Å². The topological polar surface area (TPSA) is 55.9 Å². The zero-order valence-corrected chi connectivity index (χ0v) is 9.58. The Balaban J connectivity index is 2.09. The van der Waals surface area contributed by atoms with E-state index in [0.29, 0.717) is 0 Å². The van der Waals surface area contributed by atoms with Crippen molar-refractivity contribution >= 4 is 5.95 Å². The molecule has 0 unspecified atom stereocenters. The number of hydrogen-bond donors (Lipinski definition) is 2. The van der Waals surface area contributed by atoms with Gasteiger partial charge in [-0.3, -0.25) is 0 Å². The van der Waals surface area contributed by atoms with E-state index in [9.17, 15) is 0 Å². The lowest BCUT2D eigenvalue weighted by atomic mass is 10.2. The molecular formula is C11H22N4. The Morgan fingerprint density at radius 3 is 2.87 bits per heavy atom. The third kappa shape index (κ3) is 4.34. The number of unbranched alkanes of at least 4 members (excludes halogenated alkanes) is 3. The molecule has 1 heterocycles. The molecule has 0 bridgehead atoms. The second-order valence-corrected chi connectivity index (χ2v) is 3.67. The van der Waals surface area contributed by atoms with Crippen LogP contribution >= 0.6 is 0 Å². The molecule has 3 N–H and O–H groups in total. The van der Waals surface area contributed by atoms with Gasteiger partial charge in [0.05, 0.1) is 0 Å². The predicted octanol–water partition coefficient (Wildman–Crippen LogP) is 1.83. The molecule has 1 aromatic rings. The van der Waals surface area contributed by atoms with E-state index in [1.165, 1.54) is 19.3 Å². The molecule has 0 aliphatic heterocycles. The molecule has 0 aromatic carbocycles. The van der Waals surface area contributed by atoms with Crippen LogP contribution in [0.3, 0.4) is 0 Å². The molecular weight excluding hydrogens is 188 g/mol. The molecule has 0 spiro atoms. The van der Waals surface area contributed by atoms with Crippen LogP contribution in [0.5, 0.6) is 0 Å². The second kappa shape index (κ2) is 7.29. The van der Waals surface area contributed by atoms with Gasteiger partial charge in [0.25, 0.3) is 0 Å². The molecule has 0 atom stereocenters. The lowest BCUT2D eigenvalue weighted by Gasteiger charge is -2.07. The van der Waals surface area contributed by atoms with Crippen LogP contribution in [-0.4, -0.2) is 22.6 Å². The average molecular weight is 210 g/mol. The Bertz CT molecular complexity index is 257. The fraction of sp³-hybridized carbons (Fsp3) is 0.727. The number of anilines is 1. The summed E-state index contributed by atoms with van der Waals surface area (Å²) in [5.41, 5.74) is 5.43. The van der Waals surface area contributed by atoms with Gasteiger partial charge in [0.2, 0.25) is 5.95 Å². The van der Waals surface area contributed by atoms with Crippen molar-refractivity contribution in [3.05, 3.63) is 12.4 Å². The smallest absolute Gasteiger partial charge is 0.202 e. The van der Waals surface area contributed by atoms with Crippen LogP contribution in [0.4, 0.5) is 5.95 Å². The zero-order valence-electron chi connectivity index (χ0n) is 9.58. The second-order valence-electron chi connectivity index (χ2n) is 3.67. The maximum Gasteiger partial charge on any atom is 0.202 e. The minimum absolute atomic E-state index is 0.813. The van der Waals surface area contributed by atoms with Crippen LogP contribution in [0.1, 0.15) is 32.6 Å². The normalized spacial score (nSPS) is 10.5. The van der Waals surface area contributed by atoms with Gasteiger partial charge in [0, 0.05) is 25.5 Å². The summed E-state index contributed by atoms with van der Waals surface area (Å²) in [4.78, 5) is 4.25. The molecule has 0 saturated carbocycles. The van der Waals surface area contributed by atoms with Crippen LogP contribution in [0.2, 0.25) is 0 Å². The molecule has 0 aliphatic rings. The average Bonchev–Trinajstić information content (AvgIpc) is 2.70. The van der Waals surface area contributed by atoms with Gasteiger partial charge in [-0.05, 0) is 26.3 Å². The summed E-state index contributed by atoms with van der Waals surface area (Å²) in [7, 11) is 0. The van der Waals surface area contributed by atoms with Crippen LogP contribution in [0.25, 0.3) is 0 Å². The van der Waals surface area contributed by atoms with Crippen LogP contribution < -0.4 is 11.1 Å². The third-order valence-corrected chi connectivity index (χ3v) is 2.47. The van der Waals surface area contributed by atoms with Gasteiger partial charge in [-0.25, -0.2) is 4.98 Å². The van der Waals surface area contributed by atoms with E-state index in [-0.39, 0.29) is 0 Å². The van der Waals surface area contributed by atoms with Crippen molar-refractivity contribution in [3.8, 4) is 0 Å².